The van der Waals surface area contributed by atoms with E-state index in [1.165, 1.54) is 0 Å². The van der Waals surface area contributed by atoms with E-state index >= 15 is 0 Å². The smallest absolute Gasteiger partial charge is 0.257 e. The Morgan fingerprint density at radius 3 is 2.71 bits per heavy atom. The van der Waals surface area contributed by atoms with Crippen molar-refractivity contribution in [2.45, 2.75) is 13.3 Å². The summed E-state index contributed by atoms with van der Waals surface area (Å²) in [6, 6.07) is 7.27. The topological polar surface area (TPSA) is 29.5 Å². The molecule has 0 radical (unpaired) electrons. The molecular weight excluding hydrogens is 238 g/mol. The Kier molecular flexibility index (Phi) is 5.84. The van der Waals surface area contributed by atoms with Crippen molar-refractivity contribution in [3.63, 3.8) is 0 Å². The second-order valence-electron chi connectivity index (χ2n) is 3.63. The Bertz CT molecular complexity index is 368. The molecule has 1 aromatic carbocycles. The summed E-state index contributed by atoms with van der Waals surface area (Å²) in [5.74, 6) is 1.17. The molecule has 0 heterocycles. The first-order chi connectivity index (χ1) is 8.24. The first-order valence-electron chi connectivity index (χ1n) is 5.72. The summed E-state index contributed by atoms with van der Waals surface area (Å²) in [6.07, 6.45) is 0.802. The van der Waals surface area contributed by atoms with Crippen molar-refractivity contribution < 1.29 is 9.53 Å². The van der Waals surface area contributed by atoms with Crippen LogP contribution in [-0.2, 0) is 0 Å². The molecule has 0 aliphatic carbocycles. The number of hydrogen-bond acceptors (Lipinski definition) is 2. The molecule has 17 heavy (non-hydrogen) atoms. The van der Waals surface area contributed by atoms with E-state index in [9.17, 15) is 4.79 Å². The van der Waals surface area contributed by atoms with E-state index in [1.807, 2.05) is 19.1 Å². The number of benzene rings is 1. The second kappa shape index (κ2) is 7.17. The van der Waals surface area contributed by atoms with Crippen LogP contribution in [0.4, 0.5) is 0 Å². The lowest BCUT2D eigenvalue weighted by Crippen LogP contribution is -2.32. The van der Waals surface area contributed by atoms with Crippen molar-refractivity contribution in [1.82, 2.24) is 4.90 Å². The van der Waals surface area contributed by atoms with Crippen LogP contribution < -0.4 is 4.74 Å². The lowest BCUT2D eigenvalue weighted by molar-refractivity contribution is 0.0761. The zero-order valence-corrected chi connectivity index (χ0v) is 11.0. The predicted molar refractivity (Wildman–Crippen MR) is 69.9 cm³/mol. The monoisotopic (exact) mass is 255 g/mol. The Morgan fingerprint density at radius 1 is 1.41 bits per heavy atom. The zero-order valence-electron chi connectivity index (χ0n) is 10.3. The van der Waals surface area contributed by atoms with Crippen LogP contribution in [-0.4, -0.2) is 36.9 Å². The van der Waals surface area contributed by atoms with Gasteiger partial charge >= 0.3 is 0 Å². The molecule has 1 aromatic rings. The van der Waals surface area contributed by atoms with Crippen LogP contribution >= 0.6 is 11.6 Å². The van der Waals surface area contributed by atoms with Crippen LogP contribution in [0.15, 0.2) is 24.3 Å². The molecular formula is C13H18ClNO2. The molecule has 0 aliphatic heterocycles. The fraction of sp³-hybridized carbons (Fsp3) is 0.462. The maximum Gasteiger partial charge on any atom is 0.257 e. The molecule has 0 aliphatic rings. The number of ether oxygens (including phenoxy) is 1. The normalized spacial score (nSPS) is 10.1. The molecule has 1 amide bonds. The van der Waals surface area contributed by atoms with Gasteiger partial charge in [-0.25, -0.2) is 0 Å². The lowest BCUT2D eigenvalue weighted by atomic mass is 10.1. The molecule has 1 rings (SSSR count). The van der Waals surface area contributed by atoms with Crippen LogP contribution in [0.3, 0.4) is 0 Å². The summed E-state index contributed by atoms with van der Waals surface area (Å²) in [5.41, 5.74) is 0.603. The highest BCUT2D eigenvalue weighted by molar-refractivity contribution is 6.17. The van der Waals surface area contributed by atoms with E-state index in [1.54, 1.807) is 24.1 Å². The molecule has 3 nitrogen and oxygen atoms in total. The van der Waals surface area contributed by atoms with Gasteiger partial charge in [0.2, 0.25) is 0 Å². The Labute approximate surface area is 107 Å². The SMILES string of the molecule is CCN(CCCCl)C(=O)c1ccccc1OC. The van der Waals surface area contributed by atoms with Crippen LogP contribution in [0.1, 0.15) is 23.7 Å². The van der Waals surface area contributed by atoms with E-state index in [-0.39, 0.29) is 5.91 Å². The number of para-hydroxylation sites is 1. The largest absolute Gasteiger partial charge is 0.496 e. The number of amides is 1. The lowest BCUT2D eigenvalue weighted by Gasteiger charge is -2.21. The van der Waals surface area contributed by atoms with E-state index in [2.05, 4.69) is 0 Å². The maximum absolute atomic E-state index is 12.3. The van der Waals surface area contributed by atoms with Crippen molar-refractivity contribution in [2.75, 3.05) is 26.1 Å². The van der Waals surface area contributed by atoms with Crippen LogP contribution in [0, 0.1) is 0 Å². The first-order valence-corrected chi connectivity index (χ1v) is 6.26. The van der Waals surface area contributed by atoms with Gasteiger partial charge < -0.3 is 9.64 Å². The third-order valence-electron chi connectivity index (χ3n) is 2.57. The third kappa shape index (κ3) is 3.63. The minimum atomic E-state index is -0.00457. The van der Waals surface area contributed by atoms with Crippen molar-refractivity contribution in [3.05, 3.63) is 29.8 Å². The van der Waals surface area contributed by atoms with Gasteiger partial charge in [-0.15, -0.1) is 11.6 Å². The number of rotatable bonds is 6. The molecule has 0 N–H and O–H groups in total. The van der Waals surface area contributed by atoms with Gasteiger partial charge in [0, 0.05) is 19.0 Å². The number of hydrogen-bond donors (Lipinski definition) is 0. The number of methoxy groups -OCH3 is 1. The molecule has 0 spiro atoms. The van der Waals surface area contributed by atoms with E-state index in [4.69, 9.17) is 16.3 Å². The first kappa shape index (κ1) is 13.8. The summed E-state index contributed by atoms with van der Waals surface area (Å²) < 4.78 is 5.19. The van der Waals surface area contributed by atoms with E-state index in [0.29, 0.717) is 30.3 Å². The second-order valence-corrected chi connectivity index (χ2v) is 4.01. The van der Waals surface area contributed by atoms with Gasteiger partial charge in [0.05, 0.1) is 12.7 Å². The quantitative estimate of drug-likeness (QED) is 0.732. The molecule has 0 fully saturated rings. The van der Waals surface area contributed by atoms with Gasteiger partial charge in [0.1, 0.15) is 5.75 Å². The standard InChI is InChI=1S/C13H18ClNO2/c1-3-15(10-6-9-14)13(16)11-7-4-5-8-12(11)17-2/h4-5,7-8H,3,6,9-10H2,1-2H3. The molecule has 0 bridgehead atoms. The van der Waals surface area contributed by atoms with Gasteiger partial charge in [-0.1, -0.05) is 12.1 Å². The van der Waals surface area contributed by atoms with Crippen LogP contribution in [0.2, 0.25) is 0 Å². The predicted octanol–water partition coefficient (Wildman–Crippen LogP) is 2.79. The van der Waals surface area contributed by atoms with E-state index in [0.717, 1.165) is 6.42 Å². The summed E-state index contributed by atoms with van der Waals surface area (Å²) in [5, 5.41) is 0. The number of carbonyl (C=O) groups is 1. The minimum absolute atomic E-state index is 0.00457. The highest BCUT2D eigenvalue weighted by Crippen LogP contribution is 2.19. The average molecular weight is 256 g/mol. The number of carbonyl (C=O) groups excluding carboxylic acids is 1. The van der Waals surface area contributed by atoms with Gasteiger partial charge in [-0.05, 0) is 25.5 Å². The van der Waals surface area contributed by atoms with Crippen molar-refractivity contribution in [1.29, 1.82) is 0 Å². The summed E-state index contributed by atoms with van der Waals surface area (Å²) in [4.78, 5) is 14.0. The van der Waals surface area contributed by atoms with Gasteiger partial charge in [-0.2, -0.15) is 0 Å². The van der Waals surface area contributed by atoms with Crippen molar-refractivity contribution >= 4 is 17.5 Å². The zero-order chi connectivity index (χ0) is 12.7. The highest BCUT2D eigenvalue weighted by atomic mass is 35.5. The molecule has 0 unspecified atom stereocenters. The highest BCUT2D eigenvalue weighted by Gasteiger charge is 2.17. The number of alkyl halides is 1. The summed E-state index contributed by atoms with van der Waals surface area (Å²) >= 11 is 5.65. The molecule has 0 aromatic heterocycles. The summed E-state index contributed by atoms with van der Waals surface area (Å²) in [7, 11) is 1.57. The van der Waals surface area contributed by atoms with Gasteiger partial charge in [-0.3, -0.25) is 4.79 Å². The van der Waals surface area contributed by atoms with Gasteiger partial charge in [0.15, 0.2) is 0 Å². The minimum Gasteiger partial charge on any atom is -0.496 e. The van der Waals surface area contributed by atoms with Crippen molar-refractivity contribution in [2.24, 2.45) is 0 Å². The third-order valence-corrected chi connectivity index (χ3v) is 2.84. The fourth-order valence-electron chi connectivity index (χ4n) is 1.65. The molecule has 0 saturated heterocycles. The van der Waals surface area contributed by atoms with E-state index < -0.39 is 0 Å². The van der Waals surface area contributed by atoms with Gasteiger partial charge in [0.25, 0.3) is 5.91 Å². The van der Waals surface area contributed by atoms with Crippen molar-refractivity contribution in [3.8, 4) is 5.75 Å². The molecule has 0 atom stereocenters. The number of halogens is 1. The number of nitrogens with zero attached hydrogens (tertiary/aromatic N) is 1. The Morgan fingerprint density at radius 2 is 2.12 bits per heavy atom. The molecule has 94 valence electrons. The molecule has 4 heteroatoms. The Balaban J connectivity index is 2.85. The fourth-order valence-corrected chi connectivity index (χ4v) is 1.77. The van der Waals surface area contributed by atoms with Crippen LogP contribution in [0.5, 0.6) is 5.75 Å². The maximum atomic E-state index is 12.3. The Hall–Kier alpha value is -1.22. The molecule has 0 saturated carbocycles. The summed E-state index contributed by atoms with van der Waals surface area (Å²) in [6.45, 7) is 3.31. The van der Waals surface area contributed by atoms with Crippen LogP contribution in [0.25, 0.3) is 0 Å². The average Bonchev–Trinajstić information content (AvgIpc) is 2.39.